The molecule has 0 radical (unpaired) electrons. The Labute approximate surface area is 76.9 Å². The second-order valence-electron chi connectivity index (χ2n) is 2.86. The Kier molecular flexibility index (Phi) is 4.16. The molecule has 11 heavy (non-hydrogen) atoms. The second kappa shape index (κ2) is 4.94. The standard InChI is InChI=1S/C9H15BrO/c1-2-8(7-10)6-9-4-3-5-11-9/h6,9H,2-5,7H2,1H3. The van der Waals surface area contributed by atoms with Crippen molar-refractivity contribution in [2.75, 3.05) is 11.9 Å². The fraction of sp³-hybridized carbons (Fsp3) is 0.778. The van der Waals surface area contributed by atoms with Crippen molar-refractivity contribution in [2.24, 2.45) is 0 Å². The van der Waals surface area contributed by atoms with E-state index in [-0.39, 0.29) is 0 Å². The van der Waals surface area contributed by atoms with Crippen LogP contribution in [0.15, 0.2) is 11.6 Å². The fourth-order valence-corrected chi connectivity index (χ4v) is 1.84. The minimum Gasteiger partial charge on any atom is -0.374 e. The van der Waals surface area contributed by atoms with Gasteiger partial charge >= 0.3 is 0 Å². The first-order valence-electron chi connectivity index (χ1n) is 4.24. The van der Waals surface area contributed by atoms with E-state index in [9.17, 15) is 0 Å². The van der Waals surface area contributed by atoms with Crippen molar-refractivity contribution >= 4 is 15.9 Å². The third-order valence-electron chi connectivity index (χ3n) is 2.01. The molecule has 0 N–H and O–H groups in total. The highest BCUT2D eigenvalue weighted by Gasteiger charge is 2.12. The van der Waals surface area contributed by atoms with Gasteiger partial charge in [-0.1, -0.05) is 34.5 Å². The quantitative estimate of drug-likeness (QED) is 0.523. The van der Waals surface area contributed by atoms with Crippen LogP contribution in [-0.4, -0.2) is 18.0 Å². The largest absolute Gasteiger partial charge is 0.374 e. The molecule has 0 aromatic heterocycles. The van der Waals surface area contributed by atoms with E-state index in [1.165, 1.54) is 18.4 Å². The summed E-state index contributed by atoms with van der Waals surface area (Å²) >= 11 is 3.46. The summed E-state index contributed by atoms with van der Waals surface area (Å²) in [6.07, 6.45) is 6.23. The van der Waals surface area contributed by atoms with Crippen LogP contribution in [0.1, 0.15) is 26.2 Å². The van der Waals surface area contributed by atoms with Crippen molar-refractivity contribution in [3.8, 4) is 0 Å². The van der Waals surface area contributed by atoms with Gasteiger partial charge in [-0.2, -0.15) is 0 Å². The zero-order valence-electron chi connectivity index (χ0n) is 6.98. The van der Waals surface area contributed by atoms with Crippen molar-refractivity contribution in [3.05, 3.63) is 11.6 Å². The number of allylic oxidation sites excluding steroid dienone is 1. The molecule has 0 aliphatic carbocycles. The summed E-state index contributed by atoms with van der Waals surface area (Å²) in [6.45, 7) is 3.13. The Hall–Kier alpha value is 0.180. The molecule has 0 saturated carbocycles. The van der Waals surface area contributed by atoms with Gasteiger partial charge in [0.15, 0.2) is 0 Å². The van der Waals surface area contributed by atoms with Gasteiger partial charge in [-0.25, -0.2) is 0 Å². The molecule has 0 bridgehead atoms. The predicted octanol–water partition coefficient (Wildman–Crippen LogP) is 2.90. The Morgan fingerprint density at radius 1 is 1.73 bits per heavy atom. The lowest BCUT2D eigenvalue weighted by molar-refractivity contribution is 0.145. The Balaban J connectivity index is 2.40. The third-order valence-corrected chi connectivity index (χ3v) is 2.73. The van der Waals surface area contributed by atoms with E-state index in [0.717, 1.165) is 18.4 Å². The van der Waals surface area contributed by atoms with E-state index in [4.69, 9.17) is 4.74 Å². The molecule has 1 aliphatic rings. The molecule has 1 unspecified atom stereocenters. The molecule has 1 nitrogen and oxygen atoms in total. The van der Waals surface area contributed by atoms with Gasteiger partial charge in [0.25, 0.3) is 0 Å². The van der Waals surface area contributed by atoms with E-state index < -0.39 is 0 Å². The van der Waals surface area contributed by atoms with Gasteiger partial charge in [0.1, 0.15) is 0 Å². The third kappa shape index (κ3) is 2.96. The van der Waals surface area contributed by atoms with Crippen LogP contribution in [0.4, 0.5) is 0 Å². The molecule has 1 saturated heterocycles. The molecule has 1 rings (SSSR count). The number of ether oxygens (including phenoxy) is 1. The van der Waals surface area contributed by atoms with Crippen molar-refractivity contribution in [2.45, 2.75) is 32.3 Å². The molecule has 0 aromatic rings. The van der Waals surface area contributed by atoms with Crippen LogP contribution >= 0.6 is 15.9 Å². The number of hydrogen-bond donors (Lipinski definition) is 0. The summed E-state index contributed by atoms with van der Waals surface area (Å²) in [5.41, 5.74) is 1.46. The Morgan fingerprint density at radius 2 is 2.55 bits per heavy atom. The minimum absolute atomic E-state index is 0.405. The molecule has 64 valence electrons. The molecular weight excluding hydrogens is 204 g/mol. The van der Waals surface area contributed by atoms with E-state index in [0.29, 0.717) is 6.10 Å². The summed E-state index contributed by atoms with van der Waals surface area (Å²) in [4.78, 5) is 0. The van der Waals surface area contributed by atoms with Crippen molar-refractivity contribution in [3.63, 3.8) is 0 Å². The molecule has 1 aliphatic heterocycles. The van der Waals surface area contributed by atoms with E-state index in [1.807, 2.05) is 0 Å². The number of alkyl halides is 1. The van der Waals surface area contributed by atoms with Crippen LogP contribution in [0.25, 0.3) is 0 Å². The summed E-state index contributed by atoms with van der Waals surface area (Å²) in [5, 5.41) is 0.989. The van der Waals surface area contributed by atoms with E-state index in [2.05, 4.69) is 28.9 Å². The number of rotatable bonds is 3. The summed E-state index contributed by atoms with van der Waals surface area (Å²) in [7, 11) is 0. The second-order valence-corrected chi connectivity index (χ2v) is 3.42. The molecule has 1 atom stereocenters. The van der Waals surface area contributed by atoms with Crippen molar-refractivity contribution in [1.82, 2.24) is 0 Å². The van der Waals surface area contributed by atoms with E-state index in [1.54, 1.807) is 0 Å². The highest BCUT2D eigenvalue weighted by Crippen LogP contribution is 2.16. The first kappa shape index (κ1) is 9.27. The van der Waals surface area contributed by atoms with Gasteiger partial charge in [-0.3, -0.25) is 0 Å². The van der Waals surface area contributed by atoms with Gasteiger partial charge in [0, 0.05) is 11.9 Å². The molecule has 0 aromatic carbocycles. The van der Waals surface area contributed by atoms with E-state index >= 15 is 0 Å². The maximum atomic E-state index is 5.49. The maximum Gasteiger partial charge on any atom is 0.0759 e. The van der Waals surface area contributed by atoms with Gasteiger partial charge < -0.3 is 4.74 Å². The monoisotopic (exact) mass is 218 g/mol. The topological polar surface area (TPSA) is 9.23 Å². The maximum absolute atomic E-state index is 5.49. The zero-order chi connectivity index (χ0) is 8.10. The Morgan fingerprint density at radius 3 is 3.00 bits per heavy atom. The highest BCUT2D eigenvalue weighted by molar-refractivity contribution is 9.09. The average Bonchev–Trinajstić information content (AvgIpc) is 2.52. The minimum atomic E-state index is 0.405. The van der Waals surface area contributed by atoms with Crippen LogP contribution in [0.3, 0.4) is 0 Å². The molecule has 0 amide bonds. The number of hydrogen-bond acceptors (Lipinski definition) is 1. The molecule has 0 spiro atoms. The van der Waals surface area contributed by atoms with Gasteiger partial charge in [-0.15, -0.1) is 0 Å². The summed E-state index contributed by atoms with van der Waals surface area (Å²) in [6, 6.07) is 0. The smallest absolute Gasteiger partial charge is 0.0759 e. The number of halogens is 1. The first-order chi connectivity index (χ1) is 5.36. The van der Waals surface area contributed by atoms with Gasteiger partial charge in [0.05, 0.1) is 6.10 Å². The van der Waals surface area contributed by atoms with Crippen LogP contribution < -0.4 is 0 Å². The Bertz CT molecular complexity index is 130. The average molecular weight is 219 g/mol. The zero-order valence-corrected chi connectivity index (χ0v) is 8.56. The van der Waals surface area contributed by atoms with Gasteiger partial charge in [0.2, 0.25) is 0 Å². The normalized spacial score (nSPS) is 26.0. The SMILES string of the molecule is CCC(=CC1CCCO1)CBr. The predicted molar refractivity (Wildman–Crippen MR) is 51.1 cm³/mol. The molecular formula is C9H15BrO. The van der Waals surface area contributed by atoms with Crippen LogP contribution in [0, 0.1) is 0 Å². The lowest BCUT2D eigenvalue weighted by atomic mass is 10.1. The summed E-state index contributed by atoms with van der Waals surface area (Å²) < 4.78 is 5.49. The van der Waals surface area contributed by atoms with Gasteiger partial charge in [-0.05, 0) is 19.3 Å². The van der Waals surface area contributed by atoms with Crippen molar-refractivity contribution in [1.29, 1.82) is 0 Å². The lowest BCUT2D eigenvalue weighted by Gasteiger charge is -2.05. The highest BCUT2D eigenvalue weighted by atomic mass is 79.9. The van der Waals surface area contributed by atoms with Crippen LogP contribution in [0.2, 0.25) is 0 Å². The molecule has 1 fully saturated rings. The van der Waals surface area contributed by atoms with Crippen LogP contribution in [-0.2, 0) is 4.74 Å². The van der Waals surface area contributed by atoms with Crippen LogP contribution in [0.5, 0.6) is 0 Å². The first-order valence-corrected chi connectivity index (χ1v) is 5.36. The molecule has 1 heterocycles. The van der Waals surface area contributed by atoms with Crippen molar-refractivity contribution < 1.29 is 4.74 Å². The fourth-order valence-electron chi connectivity index (χ4n) is 1.25. The molecule has 2 heteroatoms. The summed E-state index contributed by atoms with van der Waals surface area (Å²) in [5.74, 6) is 0. The lowest BCUT2D eigenvalue weighted by Crippen LogP contribution is -2.01.